The fourth-order valence-corrected chi connectivity index (χ4v) is 2.88. The molecular weight excluding hydrogens is 303 g/mol. The Kier molecular flexibility index (Phi) is 4.86. The van der Waals surface area contributed by atoms with E-state index in [9.17, 15) is 21.6 Å². The second-order valence-electron chi connectivity index (χ2n) is 4.07. The van der Waals surface area contributed by atoms with Crippen LogP contribution in [-0.4, -0.2) is 14.5 Å². The number of alkyl halides is 3. The number of sulfonamides is 1. The zero-order valence-corrected chi connectivity index (χ0v) is 11.8. The summed E-state index contributed by atoms with van der Waals surface area (Å²) in [4.78, 5) is -0.454. The fraction of sp³-hybridized carbons (Fsp3) is 0.455. The van der Waals surface area contributed by atoms with E-state index in [0.717, 1.165) is 12.1 Å². The molecular formula is C11H13ClF3NO2S. The molecule has 0 bridgehead atoms. The summed E-state index contributed by atoms with van der Waals surface area (Å²) in [5.41, 5.74) is -1.17. The maximum Gasteiger partial charge on any atom is 0.417 e. The minimum absolute atomic E-state index is 0.366. The molecule has 1 atom stereocenters. The van der Waals surface area contributed by atoms with Crippen molar-refractivity contribution in [3.8, 4) is 0 Å². The number of hydrogen-bond donors (Lipinski definition) is 1. The summed E-state index contributed by atoms with van der Waals surface area (Å²) in [6.07, 6.45) is -4.17. The summed E-state index contributed by atoms with van der Waals surface area (Å²) in [6, 6.07) is 2.14. The number of halogens is 4. The van der Waals surface area contributed by atoms with Crippen molar-refractivity contribution >= 4 is 21.6 Å². The summed E-state index contributed by atoms with van der Waals surface area (Å²) >= 11 is 5.43. The van der Waals surface area contributed by atoms with Crippen LogP contribution >= 0.6 is 11.6 Å². The molecule has 0 aliphatic rings. The highest BCUT2D eigenvalue weighted by Crippen LogP contribution is 2.35. The van der Waals surface area contributed by atoms with Gasteiger partial charge in [0.05, 0.1) is 15.5 Å². The molecule has 0 heterocycles. The lowest BCUT2D eigenvalue weighted by atomic mass is 10.2. The molecule has 0 amide bonds. The molecule has 0 saturated heterocycles. The topological polar surface area (TPSA) is 46.2 Å². The highest BCUT2D eigenvalue weighted by Gasteiger charge is 2.34. The van der Waals surface area contributed by atoms with Gasteiger partial charge in [0, 0.05) is 6.04 Å². The van der Waals surface area contributed by atoms with E-state index in [4.69, 9.17) is 11.6 Å². The molecule has 1 rings (SSSR count). The first-order chi connectivity index (χ1) is 8.58. The van der Waals surface area contributed by atoms with Crippen LogP contribution in [0.3, 0.4) is 0 Å². The second kappa shape index (κ2) is 5.68. The van der Waals surface area contributed by atoms with E-state index >= 15 is 0 Å². The molecule has 3 nitrogen and oxygen atoms in total. The van der Waals surface area contributed by atoms with E-state index in [1.54, 1.807) is 13.8 Å². The lowest BCUT2D eigenvalue weighted by Crippen LogP contribution is -2.32. The molecule has 1 aromatic carbocycles. The third kappa shape index (κ3) is 4.09. The molecule has 1 N–H and O–H groups in total. The predicted molar refractivity (Wildman–Crippen MR) is 66.5 cm³/mol. The first-order valence-corrected chi connectivity index (χ1v) is 7.33. The van der Waals surface area contributed by atoms with Crippen LogP contribution < -0.4 is 4.72 Å². The van der Waals surface area contributed by atoms with Crippen LogP contribution in [0.15, 0.2) is 23.1 Å². The largest absolute Gasteiger partial charge is 0.417 e. The maximum absolute atomic E-state index is 12.6. The van der Waals surface area contributed by atoms with Crippen molar-refractivity contribution < 1.29 is 21.6 Å². The third-order valence-corrected chi connectivity index (χ3v) is 4.44. The second-order valence-corrected chi connectivity index (χ2v) is 6.19. The van der Waals surface area contributed by atoms with E-state index in [2.05, 4.69) is 4.72 Å². The van der Waals surface area contributed by atoms with Crippen LogP contribution in [0, 0.1) is 0 Å². The van der Waals surface area contributed by atoms with E-state index in [-0.39, 0.29) is 6.04 Å². The van der Waals surface area contributed by atoms with Crippen LogP contribution in [0.5, 0.6) is 0 Å². The van der Waals surface area contributed by atoms with Crippen molar-refractivity contribution in [3.63, 3.8) is 0 Å². The third-order valence-electron chi connectivity index (χ3n) is 2.52. The number of hydrogen-bond acceptors (Lipinski definition) is 2. The van der Waals surface area contributed by atoms with Crippen LogP contribution in [0.2, 0.25) is 5.02 Å². The van der Waals surface area contributed by atoms with E-state index in [1.165, 1.54) is 0 Å². The maximum atomic E-state index is 12.6. The van der Waals surface area contributed by atoms with Gasteiger partial charge in [-0.1, -0.05) is 18.5 Å². The molecule has 1 aromatic rings. The highest BCUT2D eigenvalue weighted by molar-refractivity contribution is 7.89. The standard InChI is InChI=1S/C11H13ClF3NO2S/c1-3-7(2)16-19(17,18)8-4-5-10(12)9(6-8)11(13,14)15/h4-7,16H,3H2,1-2H3/t7-/m0/s1. The molecule has 0 unspecified atom stereocenters. The van der Waals surface area contributed by atoms with Gasteiger partial charge in [-0.3, -0.25) is 0 Å². The van der Waals surface area contributed by atoms with Crippen molar-refractivity contribution in [2.24, 2.45) is 0 Å². The normalized spacial score (nSPS) is 14.4. The van der Waals surface area contributed by atoms with Crippen molar-refractivity contribution in [1.82, 2.24) is 4.72 Å². The van der Waals surface area contributed by atoms with E-state index in [1.807, 2.05) is 0 Å². The van der Waals surface area contributed by atoms with Crippen LogP contribution in [0.1, 0.15) is 25.8 Å². The van der Waals surface area contributed by atoms with Gasteiger partial charge in [-0.2, -0.15) is 13.2 Å². The zero-order valence-electron chi connectivity index (χ0n) is 10.3. The molecule has 0 saturated carbocycles. The SMILES string of the molecule is CC[C@H](C)NS(=O)(=O)c1ccc(Cl)c(C(F)(F)F)c1. The van der Waals surface area contributed by atoms with Crippen LogP contribution in [-0.2, 0) is 16.2 Å². The molecule has 0 radical (unpaired) electrons. The Labute approximate surface area is 114 Å². The Bertz CT molecular complexity index is 558. The minimum Gasteiger partial charge on any atom is -0.208 e. The first kappa shape index (κ1) is 16.3. The van der Waals surface area contributed by atoms with Gasteiger partial charge in [-0.15, -0.1) is 0 Å². The van der Waals surface area contributed by atoms with Gasteiger partial charge < -0.3 is 0 Å². The number of benzene rings is 1. The van der Waals surface area contributed by atoms with Gasteiger partial charge >= 0.3 is 6.18 Å². The van der Waals surface area contributed by atoms with E-state index in [0.29, 0.717) is 12.5 Å². The molecule has 0 aromatic heterocycles. The predicted octanol–water partition coefficient (Wildman–Crippen LogP) is 3.44. The quantitative estimate of drug-likeness (QED) is 0.925. The Morgan fingerprint density at radius 1 is 1.37 bits per heavy atom. The lowest BCUT2D eigenvalue weighted by molar-refractivity contribution is -0.137. The van der Waals surface area contributed by atoms with Crippen molar-refractivity contribution in [3.05, 3.63) is 28.8 Å². The summed E-state index contributed by atoms with van der Waals surface area (Å²) in [6.45, 7) is 3.38. The molecule has 0 aliphatic carbocycles. The van der Waals surface area contributed by atoms with Gasteiger partial charge in [0.15, 0.2) is 0 Å². The molecule has 108 valence electrons. The zero-order chi connectivity index (χ0) is 14.8. The van der Waals surface area contributed by atoms with Gasteiger partial charge in [-0.25, -0.2) is 13.1 Å². The average molecular weight is 316 g/mol. The van der Waals surface area contributed by atoms with Gasteiger partial charge in [0.1, 0.15) is 0 Å². The smallest absolute Gasteiger partial charge is 0.208 e. The monoisotopic (exact) mass is 315 g/mol. The fourth-order valence-electron chi connectivity index (χ4n) is 1.31. The van der Waals surface area contributed by atoms with Crippen molar-refractivity contribution in [1.29, 1.82) is 0 Å². The minimum atomic E-state index is -4.70. The summed E-state index contributed by atoms with van der Waals surface area (Å²) in [5, 5.41) is -0.532. The van der Waals surface area contributed by atoms with Crippen molar-refractivity contribution in [2.45, 2.75) is 37.4 Å². The highest BCUT2D eigenvalue weighted by atomic mass is 35.5. The van der Waals surface area contributed by atoms with Crippen LogP contribution in [0.25, 0.3) is 0 Å². The van der Waals surface area contributed by atoms with Gasteiger partial charge in [-0.05, 0) is 31.5 Å². The molecule has 0 fully saturated rings. The van der Waals surface area contributed by atoms with E-state index < -0.39 is 31.7 Å². The first-order valence-electron chi connectivity index (χ1n) is 5.47. The molecule has 0 spiro atoms. The van der Waals surface area contributed by atoms with Crippen LogP contribution in [0.4, 0.5) is 13.2 Å². The molecule has 8 heteroatoms. The Morgan fingerprint density at radius 3 is 2.42 bits per heavy atom. The van der Waals surface area contributed by atoms with Gasteiger partial charge in [0.2, 0.25) is 10.0 Å². The lowest BCUT2D eigenvalue weighted by Gasteiger charge is -2.14. The van der Waals surface area contributed by atoms with Crippen molar-refractivity contribution in [2.75, 3.05) is 0 Å². The number of rotatable bonds is 4. The average Bonchev–Trinajstić information content (AvgIpc) is 2.26. The Hall–Kier alpha value is -0.790. The molecule has 0 aliphatic heterocycles. The van der Waals surface area contributed by atoms with Gasteiger partial charge in [0.25, 0.3) is 0 Å². The Morgan fingerprint density at radius 2 is 1.95 bits per heavy atom. The summed E-state index contributed by atoms with van der Waals surface area (Å²) < 4.78 is 64.0. The summed E-state index contributed by atoms with van der Waals surface area (Å²) in [5.74, 6) is 0. The summed E-state index contributed by atoms with van der Waals surface area (Å²) in [7, 11) is -3.98. The molecule has 19 heavy (non-hydrogen) atoms. The number of nitrogens with one attached hydrogen (secondary N) is 1. The Balaban J connectivity index is 3.23.